The van der Waals surface area contributed by atoms with E-state index in [9.17, 15) is 8.42 Å². The second-order valence-corrected chi connectivity index (χ2v) is 6.70. The molecule has 1 aromatic rings. The van der Waals surface area contributed by atoms with E-state index >= 15 is 0 Å². The Labute approximate surface area is 112 Å². The van der Waals surface area contributed by atoms with E-state index in [1.165, 1.54) is 12.1 Å². The summed E-state index contributed by atoms with van der Waals surface area (Å²) in [5.74, 6) is 0.631. The second kappa shape index (κ2) is 6.41. The number of halogens is 1. The fraction of sp³-hybridized carbons (Fsp3) is 0.500. The van der Waals surface area contributed by atoms with Crippen LogP contribution in [-0.4, -0.2) is 27.7 Å². The zero-order valence-corrected chi connectivity index (χ0v) is 12.2. The zero-order valence-electron chi connectivity index (χ0n) is 10.6. The standard InChI is InChI=1S/C12H17ClO4S/c1-9(2)16-6-7-17-12-5-4-11(8-10(12)3)18(13,14)15/h4-5,8-9H,6-7H2,1-3H3. The van der Waals surface area contributed by atoms with Crippen molar-refractivity contribution in [3.63, 3.8) is 0 Å². The van der Waals surface area contributed by atoms with Crippen LogP contribution in [0.25, 0.3) is 0 Å². The molecule has 0 aliphatic carbocycles. The lowest BCUT2D eigenvalue weighted by Gasteiger charge is -2.11. The molecule has 0 saturated heterocycles. The van der Waals surface area contributed by atoms with E-state index in [-0.39, 0.29) is 11.0 Å². The smallest absolute Gasteiger partial charge is 0.261 e. The number of aryl methyl sites for hydroxylation is 1. The van der Waals surface area contributed by atoms with Gasteiger partial charge in [-0.25, -0.2) is 8.42 Å². The molecule has 0 heterocycles. The van der Waals surface area contributed by atoms with Crippen LogP contribution in [0.3, 0.4) is 0 Å². The van der Waals surface area contributed by atoms with Gasteiger partial charge < -0.3 is 9.47 Å². The number of benzene rings is 1. The molecule has 0 aromatic heterocycles. The molecule has 0 bridgehead atoms. The summed E-state index contributed by atoms with van der Waals surface area (Å²) in [6.07, 6.45) is 0.165. The summed E-state index contributed by atoms with van der Waals surface area (Å²) in [5, 5.41) is 0. The topological polar surface area (TPSA) is 52.6 Å². The maximum Gasteiger partial charge on any atom is 0.261 e. The largest absolute Gasteiger partial charge is 0.491 e. The summed E-state index contributed by atoms with van der Waals surface area (Å²) in [6.45, 7) is 6.58. The predicted molar refractivity (Wildman–Crippen MR) is 70.8 cm³/mol. The zero-order chi connectivity index (χ0) is 13.8. The highest BCUT2D eigenvalue weighted by Gasteiger charge is 2.11. The maximum atomic E-state index is 11.1. The van der Waals surface area contributed by atoms with E-state index in [4.69, 9.17) is 20.2 Å². The minimum absolute atomic E-state index is 0.0763. The van der Waals surface area contributed by atoms with E-state index in [1.807, 2.05) is 13.8 Å². The maximum absolute atomic E-state index is 11.1. The van der Waals surface area contributed by atoms with Crippen molar-refractivity contribution < 1.29 is 17.9 Å². The van der Waals surface area contributed by atoms with Crippen molar-refractivity contribution in [2.24, 2.45) is 0 Å². The molecule has 0 spiro atoms. The van der Waals surface area contributed by atoms with Gasteiger partial charge in [-0.05, 0) is 44.5 Å². The van der Waals surface area contributed by atoms with E-state index in [2.05, 4.69) is 0 Å². The van der Waals surface area contributed by atoms with Crippen LogP contribution in [0, 0.1) is 6.92 Å². The number of ether oxygens (including phenoxy) is 2. The first kappa shape index (κ1) is 15.3. The fourth-order valence-corrected chi connectivity index (χ4v) is 2.21. The van der Waals surface area contributed by atoms with Crippen LogP contribution in [0.15, 0.2) is 23.1 Å². The van der Waals surface area contributed by atoms with Crippen molar-refractivity contribution in [1.29, 1.82) is 0 Å². The highest BCUT2D eigenvalue weighted by atomic mass is 35.7. The van der Waals surface area contributed by atoms with Crippen molar-refractivity contribution in [1.82, 2.24) is 0 Å². The van der Waals surface area contributed by atoms with E-state index in [1.54, 1.807) is 13.0 Å². The van der Waals surface area contributed by atoms with E-state index in [0.29, 0.717) is 19.0 Å². The summed E-state index contributed by atoms with van der Waals surface area (Å²) in [4.78, 5) is 0.0763. The Bertz CT molecular complexity index is 497. The SMILES string of the molecule is Cc1cc(S(=O)(=O)Cl)ccc1OCCOC(C)C. The van der Waals surface area contributed by atoms with Crippen LogP contribution in [0.2, 0.25) is 0 Å². The monoisotopic (exact) mass is 292 g/mol. The normalized spacial score (nSPS) is 11.8. The average molecular weight is 293 g/mol. The first-order valence-corrected chi connectivity index (χ1v) is 7.91. The highest BCUT2D eigenvalue weighted by molar-refractivity contribution is 8.13. The summed E-state index contributed by atoms with van der Waals surface area (Å²) < 4.78 is 33.1. The molecule has 0 amide bonds. The minimum Gasteiger partial charge on any atom is -0.491 e. The highest BCUT2D eigenvalue weighted by Crippen LogP contribution is 2.23. The number of hydrogen-bond acceptors (Lipinski definition) is 4. The van der Waals surface area contributed by atoms with Crippen LogP contribution in [0.5, 0.6) is 5.75 Å². The minimum atomic E-state index is -3.69. The third-order valence-corrected chi connectivity index (χ3v) is 3.57. The van der Waals surface area contributed by atoms with Crippen molar-refractivity contribution in [2.75, 3.05) is 13.2 Å². The van der Waals surface area contributed by atoms with Crippen LogP contribution < -0.4 is 4.74 Å². The van der Waals surface area contributed by atoms with Crippen molar-refractivity contribution in [3.05, 3.63) is 23.8 Å². The molecule has 0 aliphatic rings. The van der Waals surface area contributed by atoms with Gasteiger partial charge in [0.2, 0.25) is 0 Å². The second-order valence-electron chi connectivity index (χ2n) is 4.13. The molecule has 0 unspecified atom stereocenters. The van der Waals surface area contributed by atoms with Crippen LogP contribution in [0.1, 0.15) is 19.4 Å². The lowest BCUT2D eigenvalue weighted by Crippen LogP contribution is -2.11. The van der Waals surface area contributed by atoms with Crippen LogP contribution in [0.4, 0.5) is 0 Å². The number of rotatable bonds is 6. The van der Waals surface area contributed by atoms with Crippen LogP contribution >= 0.6 is 10.7 Å². The Balaban J connectivity index is 2.64. The molecule has 0 aliphatic heterocycles. The molecule has 102 valence electrons. The molecule has 0 N–H and O–H groups in total. The van der Waals surface area contributed by atoms with E-state index < -0.39 is 9.05 Å². The Kier molecular flexibility index (Phi) is 5.44. The summed E-state index contributed by atoms with van der Waals surface area (Å²) >= 11 is 0. The van der Waals surface area contributed by atoms with Gasteiger partial charge in [0.15, 0.2) is 0 Å². The number of hydrogen-bond donors (Lipinski definition) is 0. The predicted octanol–water partition coefficient (Wildman–Crippen LogP) is 2.73. The Hall–Kier alpha value is -0.780. The van der Waals surface area contributed by atoms with Crippen molar-refractivity contribution in [2.45, 2.75) is 31.8 Å². The van der Waals surface area contributed by atoms with Gasteiger partial charge in [0.05, 0.1) is 17.6 Å². The molecule has 1 aromatic carbocycles. The molecular weight excluding hydrogens is 276 g/mol. The molecular formula is C12H17ClO4S. The Morgan fingerprint density at radius 2 is 1.94 bits per heavy atom. The average Bonchev–Trinajstić information content (AvgIpc) is 2.24. The first-order valence-electron chi connectivity index (χ1n) is 5.60. The molecule has 0 saturated carbocycles. The third kappa shape index (κ3) is 4.84. The quantitative estimate of drug-likeness (QED) is 0.597. The molecule has 0 radical (unpaired) electrons. The lowest BCUT2D eigenvalue weighted by atomic mass is 10.2. The lowest BCUT2D eigenvalue weighted by molar-refractivity contribution is 0.0551. The summed E-state index contributed by atoms with van der Waals surface area (Å²) in [5.41, 5.74) is 0.723. The third-order valence-electron chi connectivity index (χ3n) is 2.22. The van der Waals surface area contributed by atoms with Gasteiger partial charge in [-0.1, -0.05) is 0 Å². The molecule has 1 rings (SSSR count). The molecule has 4 nitrogen and oxygen atoms in total. The van der Waals surface area contributed by atoms with Crippen LogP contribution in [-0.2, 0) is 13.8 Å². The Morgan fingerprint density at radius 1 is 1.28 bits per heavy atom. The summed E-state index contributed by atoms with van der Waals surface area (Å²) in [7, 11) is 1.57. The van der Waals surface area contributed by atoms with E-state index in [0.717, 1.165) is 5.56 Å². The summed E-state index contributed by atoms with van der Waals surface area (Å²) in [6, 6.07) is 4.51. The molecule has 18 heavy (non-hydrogen) atoms. The first-order chi connectivity index (χ1) is 8.30. The van der Waals surface area contributed by atoms with Gasteiger partial charge in [0.1, 0.15) is 12.4 Å². The molecule has 6 heteroatoms. The van der Waals surface area contributed by atoms with Crippen molar-refractivity contribution in [3.8, 4) is 5.75 Å². The van der Waals surface area contributed by atoms with Gasteiger partial charge in [-0.15, -0.1) is 0 Å². The molecule has 0 fully saturated rings. The van der Waals surface area contributed by atoms with Gasteiger partial charge in [0.25, 0.3) is 9.05 Å². The fourth-order valence-electron chi connectivity index (χ4n) is 1.37. The van der Waals surface area contributed by atoms with Gasteiger partial charge >= 0.3 is 0 Å². The van der Waals surface area contributed by atoms with Crippen molar-refractivity contribution >= 4 is 19.7 Å². The van der Waals surface area contributed by atoms with Gasteiger partial charge in [0, 0.05) is 10.7 Å². The van der Waals surface area contributed by atoms with Gasteiger partial charge in [-0.2, -0.15) is 0 Å². The van der Waals surface area contributed by atoms with Gasteiger partial charge in [-0.3, -0.25) is 0 Å². The molecule has 0 atom stereocenters. The Morgan fingerprint density at radius 3 is 2.44 bits per heavy atom.